The van der Waals surface area contributed by atoms with Crippen molar-refractivity contribution in [2.24, 2.45) is 4.40 Å². The molecule has 36 heavy (non-hydrogen) atoms. The van der Waals surface area contributed by atoms with Crippen molar-refractivity contribution < 1.29 is 13.2 Å². The molecular weight excluding hydrogens is 468 g/mol. The van der Waals surface area contributed by atoms with E-state index in [0.29, 0.717) is 5.76 Å². The molecular formula is C30H26N2O3S. The summed E-state index contributed by atoms with van der Waals surface area (Å²) in [5.41, 5.74) is 4.67. The molecule has 4 aromatic carbocycles. The molecule has 5 nitrogen and oxygen atoms in total. The fourth-order valence-corrected chi connectivity index (χ4v) is 5.08. The molecule has 0 amide bonds. The normalized spacial score (nSPS) is 16.9. The Morgan fingerprint density at radius 1 is 0.750 bits per heavy atom. The van der Waals surface area contributed by atoms with Crippen LogP contribution in [0, 0.1) is 13.8 Å². The number of amidine groups is 1. The minimum Gasteiger partial charge on any atom is -0.425 e. The average molecular weight is 495 g/mol. The highest BCUT2D eigenvalue weighted by molar-refractivity contribution is 7.90. The average Bonchev–Trinajstić information content (AvgIpc) is 2.89. The Labute approximate surface area is 212 Å². The summed E-state index contributed by atoms with van der Waals surface area (Å²) in [6.45, 7) is 3.95. The van der Waals surface area contributed by atoms with Crippen molar-refractivity contribution in [1.82, 2.24) is 0 Å². The van der Waals surface area contributed by atoms with Gasteiger partial charge in [-0.15, -0.1) is 4.40 Å². The molecule has 0 saturated heterocycles. The van der Waals surface area contributed by atoms with Gasteiger partial charge in [-0.05, 0) is 49.8 Å². The molecule has 0 fully saturated rings. The molecule has 1 unspecified atom stereocenters. The van der Waals surface area contributed by atoms with Gasteiger partial charge >= 0.3 is 6.02 Å². The maximum Gasteiger partial charge on any atom is 0.314 e. The van der Waals surface area contributed by atoms with Gasteiger partial charge in [-0.1, -0.05) is 96.1 Å². The molecule has 0 spiro atoms. The second-order valence-electron chi connectivity index (χ2n) is 8.73. The van der Waals surface area contributed by atoms with E-state index in [1.807, 2.05) is 104 Å². The third-order valence-corrected chi connectivity index (χ3v) is 7.25. The Hall–Kier alpha value is -4.16. The van der Waals surface area contributed by atoms with Gasteiger partial charge in [-0.3, -0.25) is 4.90 Å². The van der Waals surface area contributed by atoms with Crippen molar-refractivity contribution in [3.63, 3.8) is 0 Å². The van der Waals surface area contributed by atoms with Crippen molar-refractivity contribution in [3.05, 3.63) is 138 Å². The number of hydrogen-bond donors (Lipinski definition) is 0. The van der Waals surface area contributed by atoms with E-state index in [-0.39, 0.29) is 17.0 Å². The monoisotopic (exact) mass is 494 g/mol. The predicted molar refractivity (Wildman–Crippen MR) is 144 cm³/mol. The fraction of sp³-hybridized carbons (Fsp3) is 0.100. The first-order chi connectivity index (χ1) is 17.4. The lowest BCUT2D eigenvalue weighted by atomic mass is 9.99. The third-order valence-electron chi connectivity index (χ3n) is 5.99. The molecule has 0 N–H and O–H groups in total. The first-order valence-electron chi connectivity index (χ1n) is 11.7. The van der Waals surface area contributed by atoms with E-state index in [2.05, 4.69) is 10.5 Å². The third kappa shape index (κ3) is 4.95. The molecule has 0 radical (unpaired) electrons. The zero-order valence-electron chi connectivity index (χ0n) is 20.1. The van der Waals surface area contributed by atoms with Gasteiger partial charge in [0.25, 0.3) is 10.0 Å². The van der Waals surface area contributed by atoms with Gasteiger partial charge in [0.15, 0.2) is 0 Å². The quantitative estimate of drug-likeness (QED) is 0.311. The molecule has 6 heteroatoms. The second-order valence-corrected chi connectivity index (χ2v) is 10.3. The highest BCUT2D eigenvalue weighted by Gasteiger charge is 2.33. The van der Waals surface area contributed by atoms with Crippen molar-refractivity contribution in [2.45, 2.75) is 24.8 Å². The molecule has 1 aliphatic rings. The number of nitrogens with zero attached hydrogens (tertiary/aromatic N) is 2. The van der Waals surface area contributed by atoms with E-state index in [1.54, 1.807) is 24.3 Å². The second kappa shape index (κ2) is 9.84. The predicted octanol–water partition coefficient (Wildman–Crippen LogP) is 6.67. The van der Waals surface area contributed by atoms with E-state index < -0.39 is 10.0 Å². The van der Waals surface area contributed by atoms with Gasteiger partial charge in [0.05, 0.1) is 10.9 Å². The summed E-state index contributed by atoms with van der Waals surface area (Å²) in [6, 6.07) is 33.7. The van der Waals surface area contributed by atoms with Gasteiger partial charge in [0.1, 0.15) is 5.76 Å². The fourth-order valence-electron chi connectivity index (χ4n) is 4.16. The number of para-hydroxylation sites is 1. The number of aryl methyl sites for hydroxylation is 2. The molecule has 1 aliphatic heterocycles. The minimum absolute atomic E-state index is 0.00497. The highest BCUT2D eigenvalue weighted by Crippen LogP contribution is 2.37. The van der Waals surface area contributed by atoms with Crippen LogP contribution in [0.1, 0.15) is 28.3 Å². The highest BCUT2D eigenvalue weighted by atomic mass is 32.2. The Morgan fingerprint density at radius 3 is 2.08 bits per heavy atom. The largest absolute Gasteiger partial charge is 0.425 e. The van der Waals surface area contributed by atoms with Crippen LogP contribution in [0.3, 0.4) is 0 Å². The molecule has 180 valence electrons. The lowest BCUT2D eigenvalue weighted by molar-refractivity contribution is 0.465. The molecule has 0 aromatic heterocycles. The van der Waals surface area contributed by atoms with Crippen LogP contribution in [-0.2, 0) is 14.8 Å². The number of hydrogen-bond acceptors (Lipinski definition) is 3. The SMILES string of the molecule is Cc1ccc(S(=O)(=O)/N=C2/OC(c3ccccc3)=CC(c3cccc(C)c3)N2c2ccccc2)cc1. The molecule has 0 saturated carbocycles. The summed E-state index contributed by atoms with van der Waals surface area (Å²) in [7, 11) is -4.04. The lowest BCUT2D eigenvalue weighted by Gasteiger charge is -2.36. The summed E-state index contributed by atoms with van der Waals surface area (Å²) >= 11 is 0. The maximum atomic E-state index is 13.4. The summed E-state index contributed by atoms with van der Waals surface area (Å²) < 4.78 is 37.3. The van der Waals surface area contributed by atoms with E-state index in [9.17, 15) is 8.42 Å². The Bertz CT molecular complexity index is 1530. The van der Waals surface area contributed by atoms with E-state index in [4.69, 9.17) is 4.74 Å². The summed E-state index contributed by atoms with van der Waals surface area (Å²) in [6.07, 6.45) is 2.01. The van der Waals surface area contributed by atoms with Crippen LogP contribution in [0.25, 0.3) is 5.76 Å². The minimum atomic E-state index is -4.04. The van der Waals surface area contributed by atoms with E-state index in [0.717, 1.165) is 27.9 Å². The molecule has 5 rings (SSSR count). The van der Waals surface area contributed by atoms with Crippen LogP contribution in [0.15, 0.2) is 125 Å². The molecule has 0 bridgehead atoms. The van der Waals surface area contributed by atoms with Gasteiger partial charge in [0.2, 0.25) is 0 Å². The Kier molecular flexibility index (Phi) is 6.44. The van der Waals surface area contributed by atoms with Gasteiger partial charge in [0, 0.05) is 11.3 Å². The molecule has 1 atom stereocenters. The zero-order chi connectivity index (χ0) is 25.1. The zero-order valence-corrected chi connectivity index (χ0v) is 20.9. The van der Waals surface area contributed by atoms with Crippen molar-refractivity contribution in [3.8, 4) is 0 Å². The number of rotatable bonds is 5. The Balaban J connectivity index is 1.72. The maximum absolute atomic E-state index is 13.4. The van der Waals surface area contributed by atoms with Crippen molar-refractivity contribution in [2.75, 3.05) is 4.90 Å². The smallest absolute Gasteiger partial charge is 0.314 e. The van der Waals surface area contributed by atoms with Crippen molar-refractivity contribution >= 4 is 27.5 Å². The standard InChI is InChI=1S/C30H26N2O3S/c1-22-16-18-27(19-17-22)36(33,34)31-30-32(26-14-7-4-8-15-26)28(25-13-9-10-23(2)20-25)21-29(35-30)24-11-5-3-6-12-24/h3-21,28H,1-2H3/b31-30+. The van der Waals surface area contributed by atoms with Crippen LogP contribution in [-0.4, -0.2) is 14.4 Å². The van der Waals surface area contributed by atoms with E-state index in [1.165, 1.54) is 0 Å². The first kappa shape index (κ1) is 23.6. The number of benzene rings is 4. The summed E-state index contributed by atoms with van der Waals surface area (Å²) in [5, 5.41) is 0. The van der Waals surface area contributed by atoms with Gasteiger partial charge < -0.3 is 4.74 Å². The molecule has 0 aliphatic carbocycles. The lowest BCUT2D eigenvalue weighted by Crippen LogP contribution is -2.39. The summed E-state index contributed by atoms with van der Waals surface area (Å²) in [5.74, 6) is 0.548. The van der Waals surface area contributed by atoms with Crippen LogP contribution >= 0.6 is 0 Å². The number of ether oxygens (including phenoxy) is 1. The number of sulfonamides is 1. The molecule has 1 heterocycles. The van der Waals surface area contributed by atoms with Gasteiger partial charge in [-0.2, -0.15) is 8.42 Å². The van der Waals surface area contributed by atoms with Gasteiger partial charge in [-0.25, -0.2) is 0 Å². The van der Waals surface area contributed by atoms with Crippen LogP contribution in [0.2, 0.25) is 0 Å². The van der Waals surface area contributed by atoms with Crippen LogP contribution in [0.4, 0.5) is 5.69 Å². The first-order valence-corrected chi connectivity index (χ1v) is 13.1. The topological polar surface area (TPSA) is 59.0 Å². The van der Waals surface area contributed by atoms with E-state index >= 15 is 0 Å². The van der Waals surface area contributed by atoms with Crippen LogP contribution < -0.4 is 4.90 Å². The number of anilines is 1. The van der Waals surface area contributed by atoms with Crippen molar-refractivity contribution in [1.29, 1.82) is 0 Å². The molecule has 4 aromatic rings. The Morgan fingerprint density at radius 2 is 1.42 bits per heavy atom. The van der Waals surface area contributed by atoms with Crippen LogP contribution in [0.5, 0.6) is 0 Å². The summed E-state index contributed by atoms with van der Waals surface area (Å²) in [4.78, 5) is 1.94.